The monoisotopic (exact) mass is 259 g/mol. The average Bonchev–Trinajstić information content (AvgIpc) is 2.29. The Balaban J connectivity index is 2.55. The van der Waals surface area contributed by atoms with Gasteiger partial charge in [-0.2, -0.15) is 0 Å². The number of ketones is 1. The van der Waals surface area contributed by atoms with Crippen LogP contribution in [0.1, 0.15) is 30.1 Å². The van der Waals surface area contributed by atoms with Crippen LogP contribution in [0.3, 0.4) is 0 Å². The largest absolute Gasteiger partial charge is 0.294 e. The first-order valence-electron chi connectivity index (χ1n) is 5.29. The maximum atomic E-state index is 13.2. The molecule has 0 unspecified atom stereocenters. The molecule has 0 amide bonds. The standard InChI is InChI=1S/C11H14FNO3S/c1-2-17(15,16)7-3-4-11(14)9-5-6-13-8-10(9)12/h5-6,8H,2-4,7H2,1H3. The van der Waals surface area contributed by atoms with Crippen molar-refractivity contribution in [2.45, 2.75) is 19.8 Å². The number of aromatic nitrogens is 1. The number of Topliss-reactive ketones (excluding diaryl/α,β-unsaturated/α-hetero) is 1. The number of hydrogen-bond donors (Lipinski definition) is 0. The van der Waals surface area contributed by atoms with Crippen molar-refractivity contribution in [1.82, 2.24) is 4.98 Å². The Bertz CT molecular complexity index is 499. The zero-order chi connectivity index (χ0) is 12.9. The average molecular weight is 259 g/mol. The molecule has 94 valence electrons. The fraction of sp³-hybridized carbons (Fsp3) is 0.455. The summed E-state index contributed by atoms with van der Waals surface area (Å²) in [4.78, 5) is 15.1. The fourth-order valence-electron chi connectivity index (χ4n) is 1.33. The van der Waals surface area contributed by atoms with Gasteiger partial charge in [-0.05, 0) is 12.5 Å². The van der Waals surface area contributed by atoms with Crippen molar-refractivity contribution < 1.29 is 17.6 Å². The van der Waals surface area contributed by atoms with Crippen molar-refractivity contribution >= 4 is 15.6 Å². The van der Waals surface area contributed by atoms with E-state index in [4.69, 9.17) is 0 Å². The summed E-state index contributed by atoms with van der Waals surface area (Å²) in [5.74, 6) is -1.04. The van der Waals surface area contributed by atoms with E-state index in [-0.39, 0.29) is 29.9 Å². The van der Waals surface area contributed by atoms with E-state index in [0.717, 1.165) is 6.20 Å². The maximum Gasteiger partial charge on any atom is 0.165 e. The lowest BCUT2D eigenvalue weighted by atomic mass is 10.1. The summed E-state index contributed by atoms with van der Waals surface area (Å²) in [6, 6.07) is 1.30. The molecule has 6 heteroatoms. The van der Waals surface area contributed by atoms with E-state index in [2.05, 4.69) is 4.98 Å². The van der Waals surface area contributed by atoms with Crippen molar-refractivity contribution in [1.29, 1.82) is 0 Å². The summed E-state index contributed by atoms with van der Waals surface area (Å²) < 4.78 is 35.5. The molecule has 4 nitrogen and oxygen atoms in total. The molecule has 0 fully saturated rings. The molecule has 0 aliphatic rings. The summed E-state index contributed by atoms with van der Waals surface area (Å²) in [5, 5.41) is 0. The summed E-state index contributed by atoms with van der Waals surface area (Å²) in [7, 11) is -3.07. The van der Waals surface area contributed by atoms with Crippen LogP contribution < -0.4 is 0 Å². The van der Waals surface area contributed by atoms with Gasteiger partial charge in [-0.25, -0.2) is 12.8 Å². The minimum Gasteiger partial charge on any atom is -0.294 e. The highest BCUT2D eigenvalue weighted by Gasteiger charge is 2.13. The van der Waals surface area contributed by atoms with E-state index in [0.29, 0.717) is 0 Å². The van der Waals surface area contributed by atoms with Crippen molar-refractivity contribution in [3.8, 4) is 0 Å². The van der Waals surface area contributed by atoms with Gasteiger partial charge >= 0.3 is 0 Å². The van der Waals surface area contributed by atoms with Gasteiger partial charge in [0.25, 0.3) is 0 Å². The highest BCUT2D eigenvalue weighted by atomic mass is 32.2. The number of carbonyl (C=O) groups is 1. The predicted octanol–water partition coefficient (Wildman–Crippen LogP) is 1.62. The first-order chi connectivity index (χ1) is 7.96. The summed E-state index contributed by atoms with van der Waals surface area (Å²) in [6.45, 7) is 1.56. The molecule has 17 heavy (non-hydrogen) atoms. The van der Waals surface area contributed by atoms with E-state index < -0.39 is 21.4 Å². The van der Waals surface area contributed by atoms with Gasteiger partial charge in [0.2, 0.25) is 0 Å². The van der Waals surface area contributed by atoms with Crippen LogP contribution in [0.5, 0.6) is 0 Å². The Hall–Kier alpha value is -1.30. The van der Waals surface area contributed by atoms with Crippen molar-refractivity contribution in [3.63, 3.8) is 0 Å². The minimum atomic E-state index is -3.07. The van der Waals surface area contributed by atoms with Crippen LogP contribution in [0, 0.1) is 5.82 Å². The van der Waals surface area contributed by atoms with Gasteiger partial charge < -0.3 is 0 Å². The Labute approximate surface area is 99.8 Å². The molecule has 0 saturated carbocycles. The molecule has 0 aromatic carbocycles. The van der Waals surface area contributed by atoms with E-state index >= 15 is 0 Å². The van der Waals surface area contributed by atoms with E-state index in [9.17, 15) is 17.6 Å². The predicted molar refractivity (Wildman–Crippen MR) is 62.1 cm³/mol. The van der Waals surface area contributed by atoms with Gasteiger partial charge in [-0.1, -0.05) is 6.92 Å². The van der Waals surface area contributed by atoms with Crippen LogP contribution in [0.25, 0.3) is 0 Å². The number of pyridine rings is 1. The smallest absolute Gasteiger partial charge is 0.165 e. The Morgan fingerprint density at radius 1 is 1.47 bits per heavy atom. The molecule has 1 aromatic heterocycles. The molecule has 0 aliphatic carbocycles. The second-order valence-corrected chi connectivity index (χ2v) is 6.09. The molecule has 0 aliphatic heterocycles. The molecule has 0 spiro atoms. The number of nitrogens with zero attached hydrogens (tertiary/aromatic N) is 1. The van der Waals surface area contributed by atoms with Gasteiger partial charge in [-0.15, -0.1) is 0 Å². The molecule has 1 rings (SSSR count). The fourth-order valence-corrected chi connectivity index (χ4v) is 2.21. The quantitative estimate of drug-likeness (QED) is 0.728. The molecule has 0 N–H and O–H groups in total. The molecule has 0 atom stereocenters. The molecule has 1 aromatic rings. The second-order valence-electron chi connectivity index (χ2n) is 3.62. The third-order valence-electron chi connectivity index (χ3n) is 2.37. The van der Waals surface area contributed by atoms with Gasteiger partial charge in [0.05, 0.1) is 17.5 Å². The Morgan fingerprint density at radius 2 is 2.18 bits per heavy atom. The van der Waals surface area contributed by atoms with Gasteiger partial charge in [-0.3, -0.25) is 9.78 Å². The minimum absolute atomic E-state index is 0.0279. The number of halogens is 1. The second kappa shape index (κ2) is 5.86. The summed E-state index contributed by atoms with van der Waals surface area (Å²) in [5.41, 5.74) is -0.0334. The Morgan fingerprint density at radius 3 is 2.76 bits per heavy atom. The zero-order valence-corrected chi connectivity index (χ0v) is 10.3. The van der Waals surface area contributed by atoms with Crippen molar-refractivity contribution in [3.05, 3.63) is 29.8 Å². The highest BCUT2D eigenvalue weighted by Crippen LogP contribution is 2.09. The summed E-state index contributed by atoms with van der Waals surface area (Å²) >= 11 is 0. The normalized spacial score (nSPS) is 11.4. The topological polar surface area (TPSA) is 64.1 Å². The van der Waals surface area contributed by atoms with Gasteiger partial charge in [0, 0.05) is 18.4 Å². The zero-order valence-electron chi connectivity index (χ0n) is 9.52. The van der Waals surface area contributed by atoms with Gasteiger partial charge in [0.15, 0.2) is 11.6 Å². The summed E-state index contributed by atoms with van der Waals surface area (Å²) in [6.07, 6.45) is 2.55. The first kappa shape index (κ1) is 13.8. The molecule has 0 radical (unpaired) electrons. The highest BCUT2D eigenvalue weighted by molar-refractivity contribution is 7.91. The maximum absolute atomic E-state index is 13.2. The number of hydrogen-bond acceptors (Lipinski definition) is 4. The van der Waals surface area contributed by atoms with E-state index in [1.165, 1.54) is 12.3 Å². The lowest BCUT2D eigenvalue weighted by Crippen LogP contribution is -2.11. The van der Waals surface area contributed by atoms with Crippen LogP contribution in [0.4, 0.5) is 4.39 Å². The van der Waals surface area contributed by atoms with Crippen LogP contribution in [-0.2, 0) is 9.84 Å². The van der Waals surface area contributed by atoms with Crippen molar-refractivity contribution in [2.75, 3.05) is 11.5 Å². The molecule has 0 saturated heterocycles. The van der Waals surface area contributed by atoms with E-state index in [1.54, 1.807) is 6.92 Å². The third-order valence-corrected chi connectivity index (χ3v) is 4.16. The number of sulfone groups is 1. The molecule has 0 bridgehead atoms. The molecular weight excluding hydrogens is 245 g/mol. The first-order valence-corrected chi connectivity index (χ1v) is 7.11. The lowest BCUT2D eigenvalue weighted by molar-refractivity contribution is 0.0978. The van der Waals surface area contributed by atoms with Gasteiger partial charge in [0.1, 0.15) is 9.84 Å². The SMILES string of the molecule is CCS(=O)(=O)CCCC(=O)c1ccncc1F. The van der Waals surface area contributed by atoms with Crippen molar-refractivity contribution in [2.24, 2.45) is 0 Å². The molecular formula is C11H14FNO3S. The van der Waals surface area contributed by atoms with Crippen LogP contribution in [0.2, 0.25) is 0 Å². The number of carbonyl (C=O) groups excluding carboxylic acids is 1. The molecule has 1 heterocycles. The van der Waals surface area contributed by atoms with Crippen LogP contribution >= 0.6 is 0 Å². The Kier molecular flexibility index (Phi) is 4.74. The lowest BCUT2D eigenvalue weighted by Gasteiger charge is -2.02. The third kappa shape index (κ3) is 4.22. The van der Waals surface area contributed by atoms with Crippen LogP contribution in [0.15, 0.2) is 18.5 Å². The van der Waals surface area contributed by atoms with E-state index in [1.807, 2.05) is 0 Å². The van der Waals surface area contributed by atoms with Crippen LogP contribution in [-0.4, -0.2) is 30.7 Å². The number of rotatable bonds is 6.